The van der Waals surface area contributed by atoms with Crippen molar-refractivity contribution in [1.29, 1.82) is 0 Å². The number of carbonyl (C=O) groups is 2. The highest BCUT2D eigenvalue weighted by molar-refractivity contribution is 5.80. The van der Waals surface area contributed by atoms with Crippen molar-refractivity contribution >= 4 is 11.9 Å². The molecule has 0 aliphatic carbocycles. The standard InChI is InChI=1S/C12H22N2O4/c1-7(2)8(13)4-10(15)14-9-5-18-6-12(9,3)11(16)17/h7-9H,4-6,13H2,1-3H3,(H,14,15)(H,16,17). The topological polar surface area (TPSA) is 102 Å². The highest BCUT2D eigenvalue weighted by atomic mass is 16.5. The maximum atomic E-state index is 11.8. The third-order valence-electron chi connectivity index (χ3n) is 3.56. The summed E-state index contributed by atoms with van der Waals surface area (Å²) >= 11 is 0. The van der Waals surface area contributed by atoms with Crippen LogP contribution in [0, 0.1) is 11.3 Å². The lowest BCUT2D eigenvalue weighted by Gasteiger charge is -2.26. The smallest absolute Gasteiger partial charge is 0.313 e. The lowest BCUT2D eigenvalue weighted by Crippen LogP contribution is -2.50. The third kappa shape index (κ3) is 3.20. The fourth-order valence-corrected chi connectivity index (χ4v) is 1.79. The van der Waals surface area contributed by atoms with Crippen molar-refractivity contribution in [2.24, 2.45) is 17.1 Å². The van der Waals surface area contributed by atoms with E-state index in [1.807, 2.05) is 13.8 Å². The maximum Gasteiger partial charge on any atom is 0.313 e. The number of ether oxygens (including phenoxy) is 1. The molecule has 4 N–H and O–H groups in total. The minimum atomic E-state index is -1.06. The van der Waals surface area contributed by atoms with Crippen LogP contribution >= 0.6 is 0 Å². The first kappa shape index (κ1) is 14.9. The molecule has 3 atom stereocenters. The summed E-state index contributed by atoms with van der Waals surface area (Å²) in [6, 6.07) is -0.717. The van der Waals surface area contributed by atoms with Crippen LogP contribution in [0.3, 0.4) is 0 Å². The second-order valence-corrected chi connectivity index (χ2v) is 5.47. The fraction of sp³-hybridized carbons (Fsp3) is 0.833. The first-order valence-corrected chi connectivity index (χ1v) is 6.13. The molecule has 1 aliphatic rings. The molecule has 1 heterocycles. The highest BCUT2D eigenvalue weighted by Gasteiger charge is 2.47. The van der Waals surface area contributed by atoms with Crippen molar-refractivity contribution in [2.45, 2.75) is 39.3 Å². The number of carbonyl (C=O) groups excluding carboxylic acids is 1. The lowest BCUT2D eigenvalue weighted by atomic mass is 9.85. The van der Waals surface area contributed by atoms with Gasteiger partial charge >= 0.3 is 5.97 Å². The van der Waals surface area contributed by atoms with E-state index in [4.69, 9.17) is 15.6 Å². The van der Waals surface area contributed by atoms with Gasteiger partial charge in [-0.1, -0.05) is 13.8 Å². The summed E-state index contributed by atoms with van der Waals surface area (Å²) in [5.74, 6) is -0.973. The van der Waals surface area contributed by atoms with Gasteiger partial charge in [-0.2, -0.15) is 0 Å². The van der Waals surface area contributed by atoms with Crippen molar-refractivity contribution in [3.8, 4) is 0 Å². The summed E-state index contributed by atoms with van der Waals surface area (Å²) in [5.41, 5.74) is 4.75. The summed E-state index contributed by atoms with van der Waals surface area (Å²) < 4.78 is 5.16. The van der Waals surface area contributed by atoms with Gasteiger partial charge in [0, 0.05) is 12.5 Å². The largest absolute Gasteiger partial charge is 0.481 e. The minimum Gasteiger partial charge on any atom is -0.481 e. The van der Waals surface area contributed by atoms with Crippen LogP contribution in [0.2, 0.25) is 0 Å². The minimum absolute atomic E-state index is 0.115. The van der Waals surface area contributed by atoms with Gasteiger partial charge in [-0.3, -0.25) is 9.59 Å². The molecule has 0 bridgehead atoms. The molecule has 0 aromatic heterocycles. The predicted molar refractivity (Wildman–Crippen MR) is 65.9 cm³/mol. The van der Waals surface area contributed by atoms with Crippen molar-refractivity contribution in [2.75, 3.05) is 13.2 Å². The van der Waals surface area contributed by atoms with E-state index in [1.54, 1.807) is 6.92 Å². The zero-order valence-electron chi connectivity index (χ0n) is 11.1. The average Bonchev–Trinajstić information content (AvgIpc) is 2.61. The van der Waals surface area contributed by atoms with Crippen molar-refractivity contribution in [3.05, 3.63) is 0 Å². The molecule has 1 fully saturated rings. The Hall–Kier alpha value is -1.14. The monoisotopic (exact) mass is 258 g/mol. The van der Waals surface area contributed by atoms with Crippen LogP contribution in [0.4, 0.5) is 0 Å². The number of aliphatic carboxylic acids is 1. The zero-order chi connectivity index (χ0) is 13.9. The van der Waals surface area contributed by atoms with Gasteiger partial charge in [0.15, 0.2) is 0 Å². The SMILES string of the molecule is CC(C)C(N)CC(=O)NC1COCC1(C)C(=O)O. The average molecular weight is 258 g/mol. The summed E-state index contributed by atoms with van der Waals surface area (Å²) in [6.45, 7) is 5.81. The number of amides is 1. The van der Waals surface area contributed by atoms with E-state index < -0.39 is 17.4 Å². The molecule has 0 aromatic rings. The van der Waals surface area contributed by atoms with Crippen molar-refractivity contribution in [3.63, 3.8) is 0 Å². The summed E-state index contributed by atoms with van der Waals surface area (Å²) in [4.78, 5) is 23.0. The van der Waals surface area contributed by atoms with Crippen LogP contribution in [0.1, 0.15) is 27.2 Å². The predicted octanol–water partition coefficient (Wildman–Crippen LogP) is -0.0343. The Labute approximate surface area is 107 Å². The molecule has 1 amide bonds. The molecule has 0 saturated carbocycles. The number of carboxylic acid groups (broad SMARTS) is 1. The van der Waals surface area contributed by atoms with Gasteiger partial charge in [0.25, 0.3) is 0 Å². The summed E-state index contributed by atoms with van der Waals surface area (Å²) in [7, 11) is 0. The normalized spacial score (nSPS) is 29.3. The van der Waals surface area contributed by atoms with Gasteiger partial charge in [0.1, 0.15) is 5.41 Å². The molecule has 6 nitrogen and oxygen atoms in total. The molecular weight excluding hydrogens is 236 g/mol. The van der Waals surface area contributed by atoms with E-state index in [0.29, 0.717) is 0 Å². The number of nitrogens with two attached hydrogens (primary N) is 1. The zero-order valence-corrected chi connectivity index (χ0v) is 11.1. The summed E-state index contributed by atoms with van der Waals surface area (Å²) in [6.07, 6.45) is 0.198. The Bertz CT molecular complexity index is 332. The molecule has 1 saturated heterocycles. The van der Waals surface area contributed by atoms with E-state index in [-0.39, 0.29) is 37.5 Å². The van der Waals surface area contributed by atoms with E-state index in [1.165, 1.54) is 0 Å². The molecule has 3 unspecified atom stereocenters. The number of rotatable bonds is 5. The molecule has 18 heavy (non-hydrogen) atoms. The van der Waals surface area contributed by atoms with Crippen LogP contribution in [0.15, 0.2) is 0 Å². The van der Waals surface area contributed by atoms with Crippen LogP contribution in [-0.4, -0.2) is 42.3 Å². The third-order valence-corrected chi connectivity index (χ3v) is 3.56. The lowest BCUT2D eigenvalue weighted by molar-refractivity contribution is -0.149. The van der Waals surface area contributed by atoms with Crippen molar-refractivity contribution in [1.82, 2.24) is 5.32 Å². The highest BCUT2D eigenvalue weighted by Crippen LogP contribution is 2.28. The Kier molecular flexibility index (Phi) is 4.70. The van der Waals surface area contributed by atoms with Gasteiger partial charge < -0.3 is 20.9 Å². The van der Waals surface area contributed by atoms with Gasteiger partial charge in [-0.15, -0.1) is 0 Å². The van der Waals surface area contributed by atoms with E-state index in [0.717, 1.165) is 0 Å². The molecule has 0 aromatic carbocycles. The van der Waals surface area contributed by atoms with Gasteiger partial charge in [0.2, 0.25) is 5.91 Å². The number of hydrogen-bond acceptors (Lipinski definition) is 4. The molecule has 0 radical (unpaired) electrons. The van der Waals surface area contributed by atoms with Crippen molar-refractivity contribution < 1.29 is 19.4 Å². The Morgan fingerprint density at radius 3 is 2.67 bits per heavy atom. The number of hydrogen-bond donors (Lipinski definition) is 3. The van der Waals surface area contributed by atoms with Gasteiger partial charge in [-0.25, -0.2) is 0 Å². The molecule has 1 aliphatic heterocycles. The van der Waals surface area contributed by atoms with Crippen LogP contribution in [0.5, 0.6) is 0 Å². The first-order valence-electron chi connectivity index (χ1n) is 6.13. The fourth-order valence-electron chi connectivity index (χ4n) is 1.79. The van der Waals surface area contributed by atoms with Gasteiger partial charge in [-0.05, 0) is 12.8 Å². The van der Waals surface area contributed by atoms with Crippen LogP contribution < -0.4 is 11.1 Å². The molecule has 0 spiro atoms. The quantitative estimate of drug-likeness (QED) is 0.642. The number of nitrogens with one attached hydrogen (secondary N) is 1. The van der Waals surface area contributed by atoms with Crippen LogP contribution in [-0.2, 0) is 14.3 Å². The maximum absolute atomic E-state index is 11.8. The van der Waals surface area contributed by atoms with E-state index in [9.17, 15) is 9.59 Å². The van der Waals surface area contributed by atoms with Gasteiger partial charge in [0.05, 0.1) is 19.3 Å². The van der Waals surface area contributed by atoms with E-state index >= 15 is 0 Å². The van der Waals surface area contributed by atoms with E-state index in [2.05, 4.69) is 5.32 Å². The second-order valence-electron chi connectivity index (χ2n) is 5.47. The molecule has 104 valence electrons. The summed E-state index contributed by atoms with van der Waals surface area (Å²) in [5, 5.41) is 11.9. The Morgan fingerprint density at radius 2 is 2.17 bits per heavy atom. The Morgan fingerprint density at radius 1 is 1.56 bits per heavy atom. The second kappa shape index (κ2) is 5.67. The molecule has 1 rings (SSSR count). The molecule has 6 heteroatoms. The number of carboxylic acids is 1. The Balaban J connectivity index is 2.57. The molecular formula is C12H22N2O4. The first-order chi connectivity index (χ1) is 8.27. The van der Waals surface area contributed by atoms with Crippen LogP contribution in [0.25, 0.3) is 0 Å².